The molecule has 6 heteroatoms. The summed E-state index contributed by atoms with van der Waals surface area (Å²) in [5.74, 6) is 0.898. The van der Waals surface area contributed by atoms with Crippen molar-refractivity contribution in [2.75, 3.05) is 5.32 Å². The minimum Gasteiger partial charge on any atom is -0.364 e. The van der Waals surface area contributed by atoms with Gasteiger partial charge in [0.05, 0.1) is 16.8 Å². The normalized spacial score (nSPS) is 12.7. The lowest BCUT2D eigenvalue weighted by Crippen LogP contribution is -2.22. The number of hydrogen-bond donors (Lipinski definition) is 1. The highest BCUT2D eigenvalue weighted by Gasteiger charge is 2.08. The zero-order valence-electron chi connectivity index (χ0n) is 9.95. The van der Waals surface area contributed by atoms with Gasteiger partial charge in [0.2, 0.25) is 0 Å². The van der Waals surface area contributed by atoms with Crippen LogP contribution in [0.2, 0.25) is 0 Å². The molecule has 0 bridgehead atoms. The second-order valence-corrected chi connectivity index (χ2v) is 5.05. The van der Waals surface area contributed by atoms with Gasteiger partial charge in [-0.1, -0.05) is 0 Å². The largest absolute Gasteiger partial charge is 0.364 e. The Morgan fingerprint density at radius 1 is 1.44 bits per heavy atom. The van der Waals surface area contributed by atoms with Gasteiger partial charge in [-0.05, 0) is 24.4 Å². The first-order chi connectivity index (χ1) is 8.83. The Balaban J connectivity index is 1.77. The van der Waals surface area contributed by atoms with Crippen LogP contribution in [0.15, 0.2) is 36.2 Å². The van der Waals surface area contributed by atoms with E-state index >= 15 is 0 Å². The summed E-state index contributed by atoms with van der Waals surface area (Å²) in [6.07, 6.45) is 5.34. The SMILES string of the molecule is CC(Cn1cccn1)Nc1ncnc2ccsc12. The average Bonchev–Trinajstić information content (AvgIpc) is 2.99. The number of fused-ring (bicyclic) bond motifs is 1. The lowest BCUT2D eigenvalue weighted by atomic mass is 10.3. The standard InChI is InChI=1S/C12H13N5S/c1-9(7-17-5-2-4-15-17)16-12-11-10(3-6-18-11)13-8-14-12/h2-6,8-9H,7H2,1H3,(H,13,14,16). The first kappa shape index (κ1) is 11.2. The van der Waals surface area contributed by atoms with Gasteiger partial charge < -0.3 is 5.32 Å². The maximum Gasteiger partial charge on any atom is 0.147 e. The topological polar surface area (TPSA) is 55.6 Å². The second kappa shape index (κ2) is 4.73. The van der Waals surface area contributed by atoms with Crippen LogP contribution in [0.4, 0.5) is 5.82 Å². The highest BCUT2D eigenvalue weighted by Crippen LogP contribution is 2.25. The second-order valence-electron chi connectivity index (χ2n) is 4.13. The highest BCUT2D eigenvalue weighted by atomic mass is 32.1. The summed E-state index contributed by atoms with van der Waals surface area (Å²) in [5.41, 5.74) is 0.990. The molecule has 0 aliphatic rings. The Bertz CT molecular complexity index is 631. The van der Waals surface area contributed by atoms with Gasteiger partial charge in [0.25, 0.3) is 0 Å². The van der Waals surface area contributed by atoms with Crippen molar-refractivity contribution >= 4 is 27.4 Å². The summed E-state index contributed by atoms with van der Waals surface area (Å²) in [6.45, 7) is 2.92. The molecule has 92 valence electrons. The van der Waals surface area contributed by atoms with Crippen molar-refractivity contribution in [1.82, 2.24) is 19.7 Å². The minimum absolute atomic E-state index is 0.255. The first-order valence-electron chi connectivity index (χ1n) is 5.75. The third kappa shape index (κ3) is 2.19. The monoisotopic (exact) mass is 259 g/mol. The van der Waals surface area contributed by atoms with Crippen molar-refractivity contribution in [2.45, 2.75) is 19.5 Å². The Hall–Kier alpha value is -1.95. The number of aromatic nitrogens is 4. The van der Waals surface area contributed by atoms with Crippen molar-refractivity contribution in [2.24, 2.45) is 0 Å². The predicted molar refractivity (Wildman–Crippen MR) is 72.7 cm³/mol. The number of rotatable bonds is 4. The Labute approximate surface area is 109 Å². The van der Waals surface area contributed by atoms with Crippen molar-refractivity contribution in [3.05, 3.63) is 36.2 Å². The molecule has 0 radical (unpaired) electrons. The lowest BCUT2D eigenvalue weighted by molar-refractivity contribution is 0.560. The summed E-state index contributed by atoms with van der Waals surface area (Å²) in [7, 11) is 0. The number of anilines is 1. The number of thiophene rings is 1. The molecule has 0 aliphatic carbocycles. The molecule has 3 aromatic rings. The lowest BCUT2D eigenvalue weighted by Gasteiger charge is -2.14. The van der Waals surface area contributed by atoms with E-state index < -0.39 is 0 Å². The van der Waals surface area contributed by atoms with E-state index in [4.69, 9.17) is 0 Å². The predicted octanol–water partition coefficient (Wildman–Crippen LogP) is 2.39. The molecule has 0 amide bonds. The van der Waals surface area contributed by atoms with Gasteiger partial charge in [0, 0.05) is 18.4 Å². The molecular weight excluding hydrogens is 246 g/mol. The van der Waals surface area contributed by atoms with Gasteiger partial charge in [0.15, 0.2) is 0 Å². The zero-order chi connectivity index (χ0) is 12.4. The molecule has 0 saturated heterocycles. The van der Waals surface area contributed by atoms with E-state index in [1.807, 2.05) is 28.4 Å². The van der Waals surface area contributed by atoms with Gasteiger partial charge in [-0.2, -0.15) is 5.10 Å². The van der Waals surface area contributed by atoms with E-state index in [2.05, 4.69) is 27.3 Å². The van der Waals surface area contributed by atoms with Crippen molar-refractivity contribution in [3.63, 3.8) is 0 Å². The molecule has 0 aliphatic heterocycles. The molecule has 3 heterocycles. The van der Waals surface area contributed by atoms with Gasteiger partial charge in [-0.25, -0.2) is 9.97 Å². The van der Waals surface area contributed by atoms with Crippen LogP contribution in [-0.4, -0.2) is 25.8 Å². The van der Waals surface area contributed by atoms with Gasteiger partial charge in [-0.3, -0.25) is 4.68 Å². The van der Waals surface area contributed by atoms with E-state index in [1.54, 1.807) is 23.9 Å². The molecular formula is C12H13N5S. The van der Waals surface area contributed by atoms with Crippen LogP contribution in [0.1, 0.15) is 6.92 Å². The van der Waals surface area contributed by atoms with Crippen molar-refractivity contribution in [3.8, 4) is 0 Å². The van der Waals surface area contributed by atoms with Crippen LogP contribution in [0.5, 0.6) is 0 Å². The number of hydrogen-bond acceptors (Lipinski definition) is 5. The van der Waals surface area contributed by atoms with Crippen LogP contribution in [0.25, 0.3) is 10.2 Å². The molecule has 0 fully saturated rings. The van der Waals surface area contributed by atoms with E-state index in [0.717, 1.165) is 22.6 Å². The molecule has 3 aromatic heterocycles. The van der Waals surface area contributed by atoms with Crippen LogP contribution in [0.3, 0.4) is 0 Å². The molecule has 1 unspecified atom stereocenters. The maximum absolute atomic E-state index is 4.31. The zero-order valence-corrected chi connectivity index (χ0v) is 10.8. The Morgan fingerprint density at radius 2 is 2.39 bits per heavy atom. The fourth-order valence-corrected chi connectivity index (χ4v) is 2.66. The molecule has 1 N–H and O–H groups in total. The third-order valence-electron chi connectivity index (χ3n) is 2.65. The van der Waals surface area contributed by atoms with Crippen molar-refractivity contribution < 1.29 is 0 Å². The summed E-state index contributed by atoms with van der Waals surface area (Å²) in [4.78, 5) is 8.53. The van der Waals surface area contributed by atoms with Crippen LogP contribution in [-0.2, 0) is 6.54 Å². The summed E-state index contributed by atoms with van der Waals surface area (Å²) in [5, 5.41) is 9.63. The van der Waals surface area contributed by atoms with E-state index in [1.165, 1.54) is 0 Å². The molecule has 1 atom stereocenters. The van der Waals surface area contributed by atoms with Crippen molar-refractivity contribution in [1.29, 1.82) is 0 Å². The fraction of sp³-hybridized carbons (Fsp3) is 0.250. The molecule has 3 rings (SSSR count). The molecule has 18 heavy (non-hydrogen) atoms. The van der Waals surface area contributed by atoms with E-state index in [9.17, 15) is 0 Å². The molecule has 5 nitrogen and oxygen atoms in total. The van der Waals surface area contributed by atoms with Gasteiger partial charge in [-0.15, -0.1) is 11.3 Å². The number of nitrogens with one attached hydrogen (secondary N) is 1. The third-order valence-corrected chi connectivity index (χ3v) is 3.56. The average molecular weight is 259 g/mol. The quantitative estimate of drug-likeness (QED) is 0.781. The van der Waals surface area contributed by atoms with Crippen LogP contribution < -0.4 is 5.32 Å². The minimum atomic E-state index is 0.255. The smallest absolute Gasteiger partial charge is 0.147 e. The van der Waals surface area contributed by atoms with Gasteiger partial charge in [0.1, 0.15) is 12.1 Å². The van der Waals surface area contributed by atoms with Crippen LogP contribution in [0, 0.1) is 0 Å². The Morgan fingerprint density at radius 3 is 3.22 bits per heavy atom. The van der Waals surface area contributed by atoms with Gasteiger partial charge >= 0.3 is 0 Å². The number of nitrogens with zero attached hydrogens (tertiary/aromatic N) is 4. The molecule has 0 spiro atoms. The highest BCUT2D eigenvalue weighted by molar-refractivity contribution is 7.17. The van der Waals surface area contributed by atoms with Crippen LogP contribution >= 0.6 is 11.3 Å². The summed E-state index contributed by atoms with van der Waals surface area (Å²) in [6, 6.07) is 4.19. The first-order valence-corrected chi connectivity index (χ1v) is 6.63. The maximum atomic E-state index is 4.31. The summed E-state index contributed by atoms with van der Waals surface area (Å²) < 4.78 is 3.01. The van der Waals surface area contributed by atoms with E-state index in [0.29, 0.717) is 0 Å². The summed E-state index contributed by atoms with van der Waals surface area (Å²) >= 11 is 1.65. The Kier molecular flexibility index (Phi) is 2.93. The molecule has 0 aromatic carbocycles. The fourth-order valence-electron chi connectivity index (χ4n) is 1.86. The van der Waals surface area contributed by atoms with E-state index in [-0.39, 0.29) is 6.04 Å². The molecule has 0 saturated carbocycles.